The summed E-state index contributed by atoms with van der Waals surface area (Å²) >= 11 is 0. The van der Waals surface area contributed by atoms with Gasteiger partial charge in [-0.05, 0) is 45.6 Å². The van der Waals surface area contributed by atoms with Crippen LogP contribution in [0.1, 0.15) is 53.4 Å². The number of carbonyl (C=O) groups excluding carboxylic acids is 3. The Morgan fingerprint density at radius 3 is 2.00 bits per heavy atom. The van der Waals surface area contributed by atoms with E-state index in [1.165, 1.54) is 13.8 Å². The SMILES string of the molecule is CCC(C)C(N)C(=O)NC(C(=O)NC(CCCCN)C(=O)NC(C)C(=O)O)C(C)O. The summed E-state index contributed by atoms with van der Waals surface area (Å²) in [5, 5.41) is 26.2. The standard InChI is InChI=1S/C19H37N5O6/c1-5-10(2)14(21)17(27)24-15(12(4)25)18(28)23-13(8-6-7-9-20)16(26)22-11(3)19(29)30/h10-15,25H,5-9,20-21H2,1-4H3,(H,22,26)(H,23,28)(H,24,27)(H,29,30). The first-order valence-electron chi connectivity index (χ1n) is 10.2. The molecule has 0 spiro atoms. The lowest BCUT2D eigenvalue weighted by atomic mass is 9.98. The molecule has 6 atom stereocenters. The number of carboxylic acid groups (broad SMARTS) is 1. The molecule has 0 saturated carbocycles. The van der Waals surface area contributed by atoms with E-state index in [0.29, 0.717) is 25.8 Å². The maximum absolute atomic E-state index is 12.7. The zero-order valence-electron chi connectivity index (χ0n) is 18.2. The molecule has 0 aliphatic carbocycles. The number of hydrogen-bond acceptors (Lipinski definition) is 7. The normalized spacial score (nSPS) is 17.0. The number of amides is 3. The Morgan fingerprint density at radius 1 is 0.933 bits per heavy atom. The minimum absolute atomic E-state index is 0.130. The lowest BCUT2D eigenvalue weighted by molar-refractivity contribution is -0.142. The second-order valence-electron chi connectivity index (χ2n) is 7.55. The van der Waals surface area contributed by atoms with E-state index in [9.17, 15) is 24.3 Å². The van der Waals surface area contributed by atoms with Crippen molar-refractivity contribution >= 4 is 23.7 Å². The van der Waals surface area contributed by atoms with E-state index in [1.54, 1.807) is 6.92 Å². The van der Waals surface area contributed by atoms with Crippen molar-refractivity contribution in [3.8, 4) is 0 Å². The average Bonchev–Trinajstić information content (AvgIpc) is 2.69. The van der Waals surface area contributed by atoms with Crippen LogP contribution in [0, 0.1) is 5.92 Å². The molecule has 0 radical (unpaired) electrons. The van der Waals surface area contributed by atoms with Gasteiger partial charge in [-0.25, -0.2) is 0 Å². The molecule has 11 heteroatoms. The van der Waals surface area contributed by atoms with Crippen molar-refractivity contribution in [1.29, 1.82) is 0 Å². The third kappa shape index (κ3) is 9.51. The highest BCUT2D eigenvalue weighted by Crippen LogP contribution is 2.07. The predicted octanol–water partition coefficient (Wildman–Crippen LogP) is -1.57. The minimum Gasteiger partial charge on any atom is -0.480 e. The van der Waals surface area contributed by atoms with Gasteiger partial charge >= 0.3 is 5.97 Å². The molecule has 30 heavy (non-hydrogen) atoms. The fraction of sp³-hybridized carbons (Fsp3) is 0.789. The van der Waals surface area contributed by atoms with Gasteiger partial charge < -0.3 is 37.6 Å². The van der Waals surface area contributed by atoms with Gasteiger partial charge in [-0.2, -0.15) is 0 Å². The predicted molar refractivity (Wildman–Crippen MR) is 111 cm³/mol. The van der Waals surface area contributed by atoms with Gasteiger partial charge in [0.25, 0.3) is 0 Å². The van der Waals surface area contributed by atoms with Gasteiger partial charge in [-0.1, -0.05) is 20.3 Å². The topological polar surface area (TPSA) is 197 Å². The number of rotatable bonds is 14. The summed E-state index contributed by atoms with van der Waals surface area (Å²) in [5.74, 6) is -3.39. The first-order chi connectivity index (χ1) is 14.0. The maximum atomic E-state index is 12.7. The van der Waals surface area contributed by atoms with Gasteiger partial charge in [0.15, 0.2) is 0 Å². The van der Waals surface area contributed by atoms with E-state index in [0.717, 1.165) is 0 Å². The molecular formula is C19H37N5O6. The minimum atomic E-state index is -1.32. The number of nitrogens with two attached hydrogens (primary N) is 2. The molecule has 9 N–H and O–H groups in total. The molecule has 0 aliphatic rings. The number of aliphatic carboxylic acids is 1. The van der Waals surface area contributed by atoms with E-state index in [2.05, 4.69) is 16.0 Å². The van der Waals surface area contributed by atoms with Crippen LogP contribution in [0.15, 0.2) is 0 Å². The maximum Gasteiger partial charge on any atom is 0.325 e. The van der Waals surface area contributed by atoms with Crippen LogP contribution in [-0.2, 0) is 19.2 Å². The molecule has 0 heterocycles. The summed E-state index contributed by atoms with van der Waals surface area (Å²) in [6, 6.07) is -4.38. The average molecular weight is 432 g/mol. The fourth-order valence-electron chi connectivity index (χ4n) is 2.57. The van der Waals surface area contributed by atoms with Gasteiger partial charge in [-0.3, -0.25) is 19.2 Å². The molecule has 174 valence electrons. The van der Waals surface area contributed by atoms with Crippen molar-refractivity contribution in [2.24, 2.45) is 17.4 Å². The Kier molecular flexibility index (Phi) is 12.8. The lowest BCUT2D eigenvalue weighted by Crippen LogP contribution is -2.60. The zero-order valence-corrected chi connectivity index (χ0v) is 18.2. The Bertz CT molecular complexity index is 586. The Labute approximate surface area is 177 Å². The molecule has 0 bridgehead atoms. The van der Waals surface area contributed by atoms with Crippen molar-refractivity contribution in [3.63, 3.8) is 0 Å². The van der Waals surface area contributed by atoms with Crippen LogP contribution in [-0.4, -0.2) is 70.7 Å². The second-order valence-corrected chi connectivity index (χ2v) is 7.55. The summed E-state index contributed by atoms with van der Waals surface area (Å²) < 4.78 is 0. The molecule has 0 aromatic heterocycles. The van der Waals surface area contributed by atoms with E-state index in [4.69, 9.17) is 16.6 Å². The fourth-order valence-corrected chi connectivity index (χ4v) is 2.57. The molecule has 0 aliphatic heterocycles. The monoisotopic (exact) mass is 431 g/mol. The highest BCUT2D eigenvalue weighted by molar-refractivity contribution is 5.94. The number of carbonyl (C=O) groups is 4. The Morgan fingerprint density at radius 2 is 1.53 bits per heavy atom. The van der Waals surface area contributed by atoms with Gasteiger partial charge in [0.05, 0.1) is 12.1 Å². The number of carboxylic acids is 1. The Hall–Kier alpha value is -2.24. The van der Waals surface area contributed by atoms with E-state index in [-0.39, 0.29) is 12.3 Å². The second kappa shape index (κ2) is 13.9. The molecule has 0 fully saturated rings. The number of hydrogen-bond donors (Lipinski definition) is 7. The van der Waals surface area contributed by atoms with Crippen molar-refractivity contribution in [1.82, 2.24) is 16.0 Å². The van der Waals surface area contributed by atoms with Gasteiger partial charge in [-0.15, -0.1) is 0 Å². The number of unbranched alkanes of at least 4 members (excludes halogenated alkanes) is 1. The summed E-state index contributed by atoms with van der Waals surface area (Å²) in [6.07, 6.45) is 0.748. The van der Waals surface area contributed by atoms with E-state index >= 15 is 0 Å². The van der Waals surface area contributed by atoms with E-state index in [1.807, 2.05) is 6.92 Å². The molecule has 0 rings (SSSR count). The first-order valence-corrected chi connectivity index (χ1v) is 10.2. The zero-order chi connectivity index (χ0) is 23.4. The number of aliphatic hydroxyl groups excluding tert-OH is 1. The highest BCUT2D eigenvalue weighted by Gasteiger charge is 2.32. The first kappa shape index (κ1) is 27.8. The molecule has 3 amide bonds. The third-order valence-electron chi connectivity index (χ3n) is 4.93. The molecule has 11 nitrogen and oxygen atoms in total. The summed E-state index contributed by atoms with van der Waals surface area (Å²) in [4.78, 5) is 48.5. The van der Waals surface area contributed by atoms with Crippen molar-refractivity contribution in [2.45, 2.75) is 83.6 Å². The number of nitrogens with one attached hydrogen (secondary N) is 3. The van der Waals surface area contributed by atoms with Gasteiger partial charge in [0, 0.05) is 0 Å². The van der Waals surface area contributed by atoms with Crippen LogP contribution in [0.4, 0.5) is 0 Å². The van der Waals surface area contributed by atoms with Crippen LogP contribution in [0.5, 0.6) is 0 Å². The highest BCUT2D eigenvalue weighted by atomic mass is 16.4. The molecule has 0 aromatic rings. The molecule has 0 aromatic carbocycles. The third-order valence-corrected chi connectivity index (χ3v) is 4.93. The van der Waals surface area contributed by atoms with Gasteiger partial charge in [0.2, 0.25) is 17.7 Å². The Balaban J connectivity index is 5.29. The van der Waals surface area contributed by atoms with Crippen molar-refractivity contribution < 1.29 is 29.4 Å². The van der Waals surface area contributed by atoms with Crippen LogP contribution in [0.3, 0.4) is 0 Å². The van der Waals surface area contributed by atoms with E-state index < -0.39 is 54.0 Å². The molecular weight excluding hydrogens is 394 g/mol. The summed E-state index contributed by atoms with van der Waals surface area (Å²) in [7, 11) is 0. The lowest BCUT2D eigenvalue weighted by Gasteiger charge is -2.27. The smallest absolute Gasteiger partial charge is 0.325 e. The number of aliphatic hydroxyl groups is 1. The quantitative estimate of drug-likeness (QED) is 0.160. The van der Waals surface area contributed by atoms with Crippen molar-refractivity contribution in [3.05, 3.63) is 0 Å². The molecule has 6 unspecified atom stereocenters. The van der Waals surface area contributed by atoms with Crippen molar-refractivity contribution in [2.75, 3.05) is 6.54 Å². The van der Waals surface area contributed by atoms with Crippen LogP contribution in [0.25, 0.3) is 0 Å². The van der Waals surface area contributed by atoms with Crippen LogP contribution in [0.2, 0.25) is 0 Å². The largest absolute Gasteiger partial charge is 0.480 e. The van der Waals surface area contributed by atoms with Crippen LogP contribution < -0.4 is 27.4 Å². The molecule has 0 saturated heterocycles. The van der Waals surface area contributed by atoms with Crippen LogP contribution >= 0.6 is 0 Å². The van der Waals surface area contributed by atoms with Gasteiger partial charge in [0.1, 0.15) is 18.1 Å². The summed E-state index contributed by atoms with van der Waals surface area (Å²) in [5.41, 5.74) is 11.3. The summed E-state index contributed by atoms with van der Waals surface area (Å²) in [6.45, 7) is 6.69.